The highest BCUT2D eigenvalue weighted by Crippen LogP contribution is 2.38. The van der Waals surface area contributed by atoms with E-state index in [0.717, 1.165) is 13.0 Å². The van der Waals surface area contributed by atoms with Crippen molar-refractivity contribution in [2.45, 2.75) is 50.6 Å². The second-order valence-electron chi connectivity index (χ2n) is 8.38. The molecule has 1 aromatic carbocycles. The molecule has 2 atom stereocenters. The summed E-state index contributed by atoms with van der Waals surface area (Å²) in [6, 6.07) is 4.55. The number of aromatic nitrogens is 1. The average molecular weight is 523 g/mol. The van der Waals surface area contributed by atoms with E-state index in [4.69, 9.17) is 11.6 Å². The van der Waals surface area contributed by atoms with Crippen LogP contribution in [-0.2, 0) is 27.5 Å². The lowest BCUT2D eigenvalue weighted by atomic mass is 9.82. The predicted octanol–water partition coefficient (Wildman–Crippen LogP) is 4.50. The van der Waals surface area contributed by atoms with E-state index in [2.05, 4.69) is 20.2 Å². The fourth-order valence-corrected chi connectivity index (χ4v) is 4.02. The molecule has 0 aliphatic heterocycles. The topological polar surface area (TPSA) is 104 Å². The third-order valence-electron chi connectivity index (χ3n) is 4.58. The first kappa shape index (κ1) is 27.7. The molecule has 1 aromatic heterocycles. The first-order valence-electron chi connectivity index (χ1n) is 9.77. The van der Waals surface area contributed by atoms with Crippen LogP contribution in [0.3, 0.4) is 0 Å². The zero-order valence-electron chi connectivity index (χ0n) is 18.6. The molecule has 0 aliphatic rings. The van der Waals surface area contributed by atoms with Gasteiger partial charge in [-0.25, -0.2) is 13.3 Å². The Kier molecular flexibility index (Phi) is 8.43. The number of carbonyl (C=O) groups excluding carboxylic acids is 1. The number of pyridine rings is 1. The summed E-state index contributed by atoms with van der Waals surface area (Å²) in [6.45, 7) is 5.95. The Hall–Kier alpha value is -2.57. The van der Waals surface area contributed by atoms with Gasteiger partial charge >= 0.3 is 6.18 Å². The Morgan fingerprint density at radius 3 is 2.26 bits per heavy atom. The van der Waals surface area contributed by atoms with Gasteiger partial charge in [-0.1, -0.05) is 16.8 Å². The molecule has 2 rings (SSSR count). The van der Waals surface area contributed by atoms with Gasteiger partial charge in [0.15, 0.2) is 5.84 Å². The number of oxime groups is 1. The molecule has 1 heterocycles. The van der Waals surface area contributed by atoms with E-state index in [1.54, 1.807) is 20.8 Å². The normalized spacial score (nSPS) is 15.5. The summed E-state index contributed by atoms with van der Waals surface area (Å²) in [5, 5.41) is 15.0. The van der Waals surface area contributed by atoms with Crippen LogP contribution in [0.5, 0.6) is 0 Å². The fourth-order valence-electron chi connectivity index (χ4n) is 2.99. The number of hydrogen-bond donors (Lipinski definition) is 3. The number of halogens is 5. The van der Waals surface area contributed by atoms with Crippen LogP contribution in [0, 0.1) is 5.82 Å². The van der Waals surface area contributed by atoms with Crippen molar-refractivity contribution in [3.05, 3.63) is 64.2 Å². The van der Waals surface area contributed by atoms with Gasteiger partial charge in [0, 0.05) is 19.5 Å². The Labute approximate surface area is 201 Å². The molecule has 0 aliphatic carbocycles. The summed E-state index contributed by atoms with van der Waals surface area (Å²) >= 11 is 5.93. The van der Waals surface area contributed by atoms with Crippen molar-refractivity contribution in [3.8, 4) is 0 Å². The monoisotopic (exact) mass is 522 g/mol. The van der Waals surface area contributed by atoms with Crippen molar-refractivity contribution in [1.82, 2.24) is 15.0 Å². The van der Waals surface area contributed by atoms with Gasteiger partial charge in [-0.2, -0.15) is 13.2 Å². The summed E-state index contributed by atoms with van der Waals surface area (Å²) in [7, 11) is -1.95. The van der Waals surface area contributed by atoms with Gasteiger partial charge < -0.3 is 10.5 Å². The van der Waals surface area contributed by atoms with Gasteiger partial charge in [0.25, 0.3) is 0 Å². The van der Waals surface area contributed by atoms with E-state index >= 15 is 0 Å². The number of amidine groups is 1. The fraction of sp³-hybridized carbons (Fsp3) is 0.381. The van der Waals surface area contributed by atoms with Gasteiger partial charge in [0.1, 0.15) is 11.4 Å². The second kappa shape index (κ2) is 10.4. The van der Waals surface area contributed by atoms with Crippen molar-refractivity contribution in [2.75, 3.05) is 0 Å². The van der Waals surface area contributed by atoms with Crippen LogP contribution in [-0.4, -0.2) is 30.9 Å². The predicted molar refractivity (Wildman–Crippen MR) is 120 cm³/mol. The summed E-state index contributed by atoms with van der Waals surface area (Å²) in [4.78, 5) is 15.8. The molecule has 7 nitrogen and oxygen atoms in total. The van der Waals surface area contributed by atoms with E-state index in [-0.39, 0.29) is 22.1 Å². The molecular formula is C21H23ClF4N4O3S. The van der Waals surface area contributed by atoms with Gasteiger partial charge in [-0.15, -0.1) is 0 Å². The number of hydrogen-bond acceptors (Lipinski definition) is 5. The minimum Gasteiger partial charge on any atom is -0.409 e. The number of nitrogens with zero attached hydrogens (tertiary/aromatic N) is 2. The van der Waals surface area contributed by atoms with Crippen LogP contribution < -0.4 is 10.0 Å². The van der Waals surface area contributed by atoms with Crippen molar-refractivity contribution in [1.29, 1.82) is 0 Å². The second-order valence-corrected chi connectivity index (χ2v) is 10.8. The zero-order valence-corrected chi connectivity index (χ0v) is 20.2. The maximum absolute atomic E-state index is 14.5. The molecule has 0 spiro atoms. The molecule has 0 radical (unpaired) electrons. The maximum atomic E-state index is 14.5. The smallest absolute Gasteiger partial charge is 0.409 e. The largest absolute Gasteiger partial charge is 0.416 e. The highest BCUT2D eigenvalue weighted by molar-refractivity contribution is 7.84. The number of nitrogens with one attached hydrogen (secondary N) is 2. The Bertz CT molecular complexity index is 1100. The lowest BCUT2D eigenvalue weighted by Gasteiger charge is -2.37. The summed E-state index contributed by atoms with van der Waals surface area (Å²) in [5.41, 5.74) is -3.58. The molecule has 0 saturated heterocycles. The standard InChI is InChI=1S/C21H23ClF4N4O3S/c1-12(31)28-18(29-32)10-20(30-34(33)19(2,3)4,17-6-5-15(22)11-27-17)13-7-14(21(24,25)26)9-16(23)8-13/h5-9,11,30,32H,10H2,1-4H3,(H,28,29,31)/t20-,34+/m1/s1. The molecule has 3 N–H and O–H groups in total. The third-order valence-corrected chi connectivity index (χ3v) is 6.45. The lowest BCUT2D eigenvalue weighted by Crippen LogP contribution is -2.52. The van der Waals surface area contributed by atoms with E-state index in [1.165, 1.54) is 18.3 Å². The Morgan fingerprint density at radius 2 is 1.79 bits per heavy atom. The van der Waals surface area contributed by atoms with Gasteiger partial charge in [-0.05, 0) is 56.7 Å². The maximum Gasteiger partial charge on any atom is 0.416 e. The van der Waals surface area contributed by atoms with Crippen LogP contribution >= 0.6 is 11.6 Å². The number of benzene rings is 1. The number of alkyl halides is 3. The van der Waals surface area contributed by atoms with Gasteiger partial charge in [0.2, 0.25) is 5.91 Å². The SMILES string of the molecule is CC(=O)N/C(C[C@@](N[S@@](=O)C(C)(C)C)(c1cc(F)cc(C(F)(F)F)c1)c1ccc(Cl)cn1)=N\O. The van der Waals surface area contributed by atoms with Crippen LogP contribution in [0.15, 0.2) is 41.7 Å². The summed E-state index contributed by atoms with van der Waals surface area (Å²) in [6.07, 6.45) is -4.25. The van der Waals surface area contributed by atoms with Crippen molar-refractivity contribution in [2.24, 2.45) is 5.16 Å². The van der Waals surface area contributed by atoms with Crippen molar-refractivity contribution in [3.63, 3.8) is 0 Å². The summed E-state index contributed by atoms with van der Waals surface area (Å²) in [5.74, 6) is -2.24. The van der Waals surface area contributed by atoms with Crippen molar-refractivity contribution < 1.29 is 31.8 Å². The van der Waals surface area contributed by atoms with E-state index in [9.17, 15) is 31.8 Å². The quantitative estimate of drug-likeness (QED) is 0.171. The third kappa shape index (κ3) is 6.73. The molecule has 2 aromatic rings. The van der Waals surface area contributed by atoms with Crippen LogP contribution in [0.25, 0.3) is 0 Å². The van der Waals surface area contributed by atoms with Crippen molar-refractivity contribution >= 4 is 34.3 Å². The zero-order chi connectivity index (χ0) is 25.9. The molecule has 1 amide bonds. The first-order valence-corrected chi connectivity index (χ1v) is 11.3. The van der Waals surface area contributed by atoms with E-state index < -0.39 is 51.2 Å². The molecule has 0 saturated carbocycles. The average Bonchev–Trinajstić information content (AvgIpc) is 2.71. The number of rotatable bonds is 6. The molecular weight excluding hydrogens is 500 g/mol. The van der Waals surface area contributed by atoms with Crippen LogP contribution in [0.2, 0.25) is 5.02 Å². The lowest BCUT2D eigenvalue weighted by molar-refractivity contribution is -0.137. The van der Waals surface area contributed by atoms with Crippen LogP contribution in [0.1, 0.15) is 50.9 Å². The molecule has 186 valence electrons. The van der Waals surface area contributed by atoms with E-state index in [0.29, 0.717) is 12.1 Å². The molecule has 13 heteroatoms. The highest BCUT2D eigenvalue weighted by atomic mass is 35.5. The molecule has 34 heavy (non-hydrogen) atoms. The number of amides is 1. The first-order chi connectivity index (χ1) is 15.6. The molecule has 0 unspecified atom stereocenters. The minimum absolute atomic E-state index is 0.0141. The minimum atomic E-state index is -4.90. The Morgan fingerprint density at radius 1 is 1.18 bits per heavy atom. The summed E-state index contributed by atoms with van der Waals surface area (Å²) < 4.78 is 70.1. The molecule has 0 bridgehead atoms. The Balaban J connectivity index is 2.92. The van der Waals surface area contributed by atoms with E-state index in [1.807, 2.05) is 0 Å². The number of carbonyl (C=O) groups is 1. The van der Waals surface area contributed by atoms with Gasteiger partial charge in [-0.3, -0.25) is 9.78 Å². The highest BCUT2D eigenvalue weighted by Gasteiger charge is 2.43. The molecule has 0 fully saturated rings. The van der Waals surface area contributed by atoms with Gasteiger partial charge in [0.05, 0.1) is 32.0 Å². The van der Waals surface area contributed by atoms with Crippen LogP contribution in [0.4, 0.5) is 17.6 Å².